The number of benzene rings is 1. The average Bonchev–Trinajstić information content (AvgIpc) is 3.23. The van der Waals surface area contributed by atoms with E-state index in [4.69, 9.17) is 4.74 Å². The zero-order chi connectivity index (χ0) is 19.9. The first-order valence-corrected chi connectivity index (χ1v) is 8.85. The van der Waals surface area contributed by atoms with Crippen LogP contribution in [0.25, 0.3) is 0 Å². The van der Waals surface area contributed by atoms with E-state index in [1.165, 1.54) is 12.5 Å². The zero-order valence-electron chi connectivity index (χ0n) is 15.0. The largest absolute Gasteiger partial charge is 0.445 e. The predicted octanol–water partition coefficient (Wildman–Crippen LogP) is 1.04. The maximum absolute atomic E-state index is 12.8. The quantitative estimate of drug-likeness (QED) is 0.612. The number of imidazole rings is 1. The molecule has 28 heavy (non-hydrogen) atoms. The molecule has 146 valence electrons. The summed E-state index contributed by atoms with van der Waals surface area (Å²) in [6.07, 6.45) is 2.24. The van der Waals surface area contributed by atoms with Crippen LogP contribution in [0.2, 0.25) is 0 Å². The van der Waals surface area contributed by atoms with E-state index in [9.17, 15) is 19.2 Å². The number of piperidine rings is 1. The van der Waals surface area contributed by atoms with Gasteiger partial charge in [-0.3, -0.25) is 14.4 Å². The number of carbonyl (C=O) groups excluding carboxylic acids is 4. The number of carbonyl (C=O) groups is 4. The topological polar surface area (TPSA) is 130 Å². The van der Waals surface area contributed by atoms with E-state index < -0.39 is 35.5 Å². The molecule has 1 aliphatic rings. The number of alkyl carbamates (subject to hydrolysis) is 1. The second-order valence-corrected chi connectivity index (χ2v) is 6.42. The molecule has 2 unspecified atom stereocenters. The Kier molecular flexibility index (Phi) is 6.15. The number of Topliss-reactive ketones (excluding diaryl/α,β-unsaturated/α-hetero) is 2. The molecule has 2 amide bonds. The molecule has 0 aliphatic carbocycles. The van der Waals surface area contributed by atoms with Crippen LogP contribution in [-0.4, -0.2) is 40.1 Å². The van der Waals surface area contributed by atoms with E-state index in [2.05, 4.69) is 20.6 Å². The van der Waals surface area contributed by atoms with Crippen LogP contribution >= 0.6 is 0 Å². The molecule has 1 aliphatic heterocycles. The fourth-order valence-corrected chi connectivity index (χ4v) is 2.96. The van der Waals surface area contributed by atoms with E-state index in [1.54, 1.807) is 0 Å². The van der Waals surface area contributed by atoms with Crippen molar-refractivity contribution in [2.45, 2.75) is 25.5 Å². The Balaban J connectivity index is 1.64. The van der Waals surface area contributed by atoms with Gasteiger partial charge in [-0.1, -0.05) is 30.3 Å². The summed E-state index contributed by atoms with van der Waals surface area (Å²) in [5.74, 6) is -2.41. The number of aromatic amines is 1. The fraction of sp³-hybridized carbons (Fsp3) is 0.316. The van der Waals surface area contributed by atoms with Gasteiger partial charge in [0.25, 0.3) is 5.91 Å². The zero-order valence-corrected chi connectivity index (χ0v) is 15.0. The van der Waals surface area contributed by atoms with Crippen LogP contribution in [0.5, 0.6) is 0 Å². The highest BCUT2D eigenvalue weighted by Crippen LogP contribution is 2.20. The van der Waals surface area contributed by atoms with Crippen molar-refractivity contribution in [1.29, 1.82) is 0 Å². The van der Waals surface area contributed by atoms with Gasteiger partial charge in [0, 0.05) is 18.9 Å². The minimum absolute atomic E-state index is 0.0534. The lowest BCUT2D eigenvalue weighted by molar-refractivity contribution is -0.143. The predicted molar refractivity (Wildman–Crippen MR) is 96.8 cm³/mol. The Hall–Kier alpha value is -3.49. The minimum atomic E-state index is -1.05. The molecule has 1 aromatic carbocycles. The van der Waals surface area contributed by atoms with E-state index in [0.717, 1.165) is 5.56 Å². The molecule has 9 nitrogen and oxygen atoms in total. The molecular weight excluding hydrogens is 364 g/mol. The van der Waals surface area contributed by atoms with Crippen LogP contribution in [0, 0.1) is 5.92 Å². The molecule has 2 atom stereocenters. The summed E-state index contributed by atoms with van der Waals surface area (Å²) in [7, 11) is 0. The molecule has 9 heteroatoms. The first-order chi connectivity index (χ1) is 13.5. The van der Waals surface area contributed by atoms with Crippen LogP contribution in [0.15, 0.2) is 42.9 Å². The molecule has 2 heterocycles. The summed E-state index contributed by atoms with van der Waals surface area (Å²) >= 11 is 0. The van der Waals surface area contributed by atoms with Gasteiger partial charge in [0.05, 0.1) is 18.2 Å². The lowest BCUT2D eigenvalue weighted by atomic mass is 9.88. The SMILES string of the molecule is O=C(NC(C(=O)CC1CCNC(=O)C1=O)c1cnc[nH]1)OCc1ccccc1. The Morgan fingerprint density at radius 1 is 1.25 bits per heavy atom. The molecular formula is C19H20N4O5. The number of amides is 2. The number of ether oxygens (including phenoxy) is 1. The van der Waals surface area contributed by atoms with Crippen molar-refractivity contribution < 1.29 is 23.9 Å². The smallest absolute Gasteiger partial charge is 0.408 e. The second-order valence-electron chi connectivity index (χ2n) is 6.42. The third kappa shape index (κ3) is 4.81. The van der Waals surface area contributed by atoms with Gasteiger partial charge in [-0.25, -0.2) is 9.78 Å². The van der Waals surface area contributed by atoms with E-state index in [1.807, 2.05) is 30.3 Å². The number of nitrogens with one attached hydrogen (secondary N) is 3. The lowest BCUT2D eigenvalue weighted by Gasteiger charge is -2.22. The van der Waals surface area contributed by atoms with Crippen molar-refractivity contribution in [3.05, 3.63) is 54.1 Å². The first-order valence-electron chi connectivity index (χ1n) is 8.85. The van der Waals surface area contributed by atoms with Crippen molar-refractivity contribution in [2.75, 3.05) is 6.54 Å². The third-order valence-corrected chi connectivity index (χ3v) is 4.45. The van der Waals surface area contributed by atoms with Crippen molar-refractivity contribution in [1.82, 2.24) is 20.6 Å². The molecule has 3 N–H and O–H groups in total. The highest BCUT2D eigenvalue weighted by atomic mass is 16.5. The van der Waals surface area contributed by atoms with Crippen LogP contribution in [0.1, 0.15) is 30.1 Å². The lowest BCUT2D eigenvalue weighted by Crippen LogP contribution is -2.44. The van der Waals surface area contributed by atoms with E-state index >= 15 is 0 Å². The van der Waals surface area contributed by atoms with E-state index in [-0.39, 0.29) is 13.0 Å². The van der Waals surface area contributed by atoms with Gasteiger partial charge in [-0.05, 0) is 12.0 Å². The van der Waals surface area contributed by atoms with Crippen LogP contribution in [0.3, 0.4) is 0 Å². The average molecular weight is 384 g/mol. The highest BCUT2D eigenvalue weighted by Gasteiger charge is 2.34. The van der Waals surface area contributed by atoms with Gasteiger partial charge in [-0.15, -0.1) is 0 Å². The molecule has 0 radical (unpaired) electrons. The highest BCUT2D eigenvalue weighted by molar-refractivity contribution is 6.37. The molecule has 1 aromatic heterocycles. The van der Waals surface area contributed by atoms with Gasteiger partial charge in [0.2, 0.25) is 5.78 Å². The number of aromatic nitrogens is 2. The molecule has 0 bridgehead atoms. The summed E-state index contributed by atoms with van der Waals surface area (Å²) in [6.45, 7) is 0.391. The minimum Gasteiger partial charge on any atom is -0.445 e. The van der Waals surface area contributed by atoms with E-state index in [0.29, 0.717) is 18.7 Å². The first kappa shape index (κ1) is 19.3. The molecule has 1 fully saturated rings. The molecule has 2 aromatic rings. The fourth-order valence-electron chi connectivity index (χ4n) is 2.96. The maximum atomic E-state index is 12.8. The summed E-state index contributed by atoms with van der Waals surface area (Å²) in [5, 5.41) is 4.96. The summed E-state index contributed by atoms with van der Waals surface area (Å²) in [4.78, 5) is 55.1. The molecule has 0 spiro atoms. The van der Waals surface area contributed by atoms with Gasteiger partial charge in [0.1, 0.15) is 12.6 Å². The van der Waals surface area contributed by atoms with Gasteiger partial charge in [-0.2, -0.15) is 0 Å². The van der Waals surface area contributed by atoms with Crippen LogP contribution in [0.4, 0.5) is 4.79 Å². The number of rotatable bonds is 7. The third-order valence-electron chi connectivity index (χ3n) is 4.45. The van der Waals surface area contributed by atoms with Crippen molar-refractivity contribution >= 4 is 23.6 Å². The number of H-pyrrole nitrogens is 1. The van der Waals surface area contributed by atoms with Crippen molar-refractivity contribution in [2.24, 2.45) is 5.92 Å². The Morgan fingerprint density at radius 2 is 2.04 bits per heavy atom. The Labute approximate surface area is 160 Å². The molecule has 0 saturated carbocycles. The molecule has 3 rings (SSSR count). The summed E-state index contributed by atoms with van der Waals surface area (Å²) in [5.41, 5.74) is 1.18. The van der Waals surface area contributed by atoms with Gasteiger partial charge < -0.3 is 20.4 Å². The maximum Gasteiger partial charge on any atom is 0.408 e. The van der Waals surface area contributed by atoms with Crippen molar-refractivity contribution in [3.8, 4) is 0 Å². The number of nitrogens with zero attached hydrogens (tertiary/aromatic N) is 1. The standard InChI is InChI=1S/C19H20N4O5/c24-15(8-13-6-7-21-18(26)17(13)25)16(14-9-20-11-22-14)23-19(27)28-10-12-4-2-1-3-5-12/h1-5,9,11,13,16H,6-8,10H2,(H,20,22)(H,21,26)(H,23,27). The second kappa shape index (κ2) is 8.94. The normalized spacial score (nSPS) is 17.5. The van der Waals surface area contributed by atoms with Crippen molar-refractivity contribution in [3.63, 3.8) is 0 Å². The molecule has 1 saturated heterocycles. The van der Waals surface area contributed by atoms with Crippen LogP contribution in [-0.2, 0) is 25.7 Å². The number of hydrogen-bond donors (Lipinski definition) is 3. The number of ketones is 2. The summed E-state index contributed by atoms with van der Waals surface area (Å²) in [6, 6.07) is 8.07. The Bertz CT molecular complexity index is 850. The van der Waals surface area contributed by atoms with Gasteiger partial charge in [0.15, 0.2) is 5.78 Å². The number of hydrogen-bond acceptors (Lipinski definition) is 6. The summed E-state index contributed by atoms with van der Waals surface area (Å²) < 4.78 is 5.17. The Morgan fingerprint density at radius 3 is 2.75 bits per heavy atom. The monoisotopic (exact) mass is 384 g/mol. The van der Waals surface area contributed by atoms with Gasteiger partial charge >= 0.3 is 6.09 Å². The van der Waals surface area contributed by atoms with Crippen LogP contribution < -0.4 is 10.6 Å².